The molecule has 7 nitrogen and oxygen atoms in total. The van der Waals surface area contributed by atoms with Gasteiger partial charge in [0.25, 0.3) is 5.69 Å². The minimum absolute atomic E-state index is 0.178. The molecule has 0 aromatic heterocycles. The average molecular weight is 374 g/mol. The van der Waals surface area contributed by atoms with Crippen LogP contribution in [0.2, 0.25) is 0 Å². The highest BCUT2D eigenvalue weighted by molar-refractivity contribution is 8.00. The third-order valence-electron chi connectivity index (χ3n) is 4.56. The minimum atomic E-state index is -2.28. The fourth-order valence-corrected chi connectivity index (χ4v) is 4.71. The van der Waals surface area contributed by atoms with E-state index in [0.717, 1.165) is 30.0 Å². The number of benzene rings is 1. The third-order valence-corrected chi connectivity index (χ3v) is 6.13. The molecule has 0 spiro atoms. The molecule has 2 N–H and O–H groups in total. The van der Waals surface area contributed by atoms with E-state index in [1.165, 1.54) is 13.0 Å². The predicted octanol–water partition coefficient (Wildman–Crippen LogP) is 3.08. The summed E-state index contributed by atoms with van der Waals surface area (Å²) in [5.74, 6) is -0.802. The van der Waals surface area contributed by atoms with E-state index in [0.29, 0.717) is 0 Å². The fraction of sp³-hybridized carbons (Fsp3) is 0.467. The Balaban J connectivity index is 2.54. The molecule has 0 bridgehead atoms. The Kier molecular flexibility index (Phi) is 5.22. The van der Waals surface area contributed by atoms with Crippen molar-refractivity contribution in [1.29, 1.82) is 0 Å². The van der Waals surface area contributed by atoms with Crippen LogP contribution in [0.3, 0.4) is 0 Å². The zero-order chi connectivity index (χ0) is 19.0. The summed E-state index contributed by atoms with van der Waals surface area (Å²) in [4.78, 5) is 7.96. The van der Waals surface area contributed by atoms with Gasteiger partial charge in [-0.2, -0.15) is 0 Å². The number of rotatable bonds is 5. The molecule has 1 fully saturated rings. The van der Waals surface area contributed by atoms with E-state index in [1.807, 2.05) is 0 Å². The fourth-order valence-electron chi connectivity index (χ4n) is 3.08. The Bertz CT molecular complexity index is 705. The van der Waals surface area contributed by atoms with Gasteiger partial charge < -0.3 is 21.0 Å². The van der Waals surface area contributed by atoms with Crippen molar-refractivity contribution in [2.24, 2.45) is 5.73 Å². The Morgan fingerprint density at radius 2 is 2.20 bits per heavy atom. The van der Waals surface area contributed by atoms with E-state index in [2.05, 4.69) is 6.58 Å². The molecule has 1 aliphatic heterocycles. The zero-order valence-corrected chi connectivity index (χ0v) is 14.3. The largest absolute Gasteiger partial charge is 0.631 e. The lowest BCUT2D eigenvalue weighted by atomic mass is 9.91. The van der Waals surface area contributed by atoms with Crippen molar-refractivity contribution in [3.05, 3.63) is 62.8 Å². The summed E-state index contributed by atoms with van der Waals surface area (Å²) in [6, 6.07) is 2.86. The molecule has 3 atom stereocenters. The first kappa shape index (κ1) is 19.7. The monoisotopic (exact) mass is 374 g/mol. The molecular formula is C15H18F2N3O4S-. The molecule has 2 rings (SSSR count). The van der Waals surface area contributed by atoms with Crippen molar-refractivity contribution in [3.63, 3.8) is 0 Å². The maximum atomic E-state index is 14.3. The van der Waals surface area contributed by atoms with Crippen molar-refractivity contribution in [3.8, 4) is 0 Å². The summed E-state index contributed by atoms with van der Waals surface area (Å²) in [6.45, 7) is 2.84. The summed E-state index contributed by atoms with van der Waals surface area (Å²) >= 11 is 0.862. The van der Waals surface area contributed by atoms with Gasteiger partial charge >= 0.3 is 0 Å². The first-order valence-corrected chi connectivity index (χ1v) is 8.26. The number of halogens is 2. The molecule has 0 aliphatic carbocycles. The molecule has 1 saturated heterocycles. The highest BCUT2D eigenvalue weighted by Crippen LogP contribution is 2.52. The summed E-state index contributed by atoms with van der Waals surface area (Å²) in [6.07, 6.45) is 1.01. The number of alkyl halides is 1. The van der Waals surface area contributed by atoms with Gasteiger partial charge in [-0.25, -0.2) is 8.78 Å². The van der Waals surface area contributed by atoms with Crippen molar-refractivity contribution in [2.75, 3.05) is 13.2 Å². The summed E-state index contributed by atoms with van der Waals surface area (Å²) in [7, 11) is 0. The lowest BCUT2D eigenvalue weighted by molar-refractivity contribution is -0.890. The van der Waals surface area contributed by atoms with Gasteiger partial charge in [0, 0.05) is 24.1 Å². The molecular weight excluding hydrogens is 356 g/mol. The van der Waals surface area contributed by atoms with Crippen LogP contribution in [0.4, 0.5) is 14.5 Å². The van der Waals surface area contributed by atoms with Crippen molar-refractivity contribution < 1.29 is 18.5 Å². The van der Waals surface area contributed by atoms with Crippen LogP contribution in [-0.2, 0) is 4.75 Å². The Morgan fingerprint density at radius 1 is 1.56 bits per heavy atom. The number of thioether (sulfide) groups is 1. The van der Waals surface area contributed by atoms with Crippen molar-refractivity contribution in [2.45, 2.75) is 29.0 Å². The Morgan fingerprint density at radius 3 is 2.68 bits per heavy atom. The van der Waals surface area contributed by atoms with Crippen LogP contribution < -0.4 is 5.73 Å². The third kappa shape index (κ3) is 3.15. The molecule has 1 aliphatic rings. The SMILES string of the molecule is C=CCC1(CF)C(N)S[C@](C)(c2cc([N+](=O)[O-])ccc2F)C[N+]1([O-])[O-]. The molecule has 0 saturated carbocycles. The van der Waals surface area contributed by atoms with Gasteiger partial charge in [0.05, 0.1) is 16.2 Å². The lowest BCUT2D eigenvalue weighted by Crippen LogP contribution is -2.72. The van der Waals surface area contributed by atoms with Gasteiger partial charge in [0.15, 0.2) is 5.54 Å². The second kappa shape index (κ2) is 6.61. The second-order valence-corrected chi connectivity index (χ2v) is 7.90. The molecule has 0 amide bonds. The van der Waals surface area contributed by atoms with Crippen LogP contribution in [0.25, 0.3) is 0 Å². The molecule has 2 unspecified atom stereocenters. The molecule has 138 valence electrons. The highest BCUT2D eigenvalue weighted by atomic mass is 32.2. The second-order valence-electron chi connectivity index (χ2n) is 6.25. The average Bonchev–Trinajstić information content (AvgIpc) is 2.50. The van der Waals surface area contributed by atoms with E-state index in [-0.39, 0.29) is 17.7 Å². The van der Waals surface area contributed by atoms with E-state index < -0.39 is 44.4 Å². The number of nitro benzene ring substituents is 1. The van der Waals surface area contributed by atoms with Crippen LogP contribution in [0.15, 0.2) is 30.9 Å². The number of hydroxylamine groups is 4. The Labute approximate surface area is 147 Å². The van der Waals surface area contributed by atoms with Crippen LogP contribution in [0.5, 0.6) is 0 Å². The normalized spacial score (nSPS) is 31.5. The van der Waals surface area contributed by atoms with Crippen LogP contribution in [-0.4, -0.2) is 33.9 Å². The topological polar surface area (TPSA) is 115 Å². The van der Waals surface area contributed by atoms with Gasteiger partial charge in [-0.3, -0.25) is 10.1 Å². The molecule has 25 heavy (non-hydrogen) atoms. The van der Waals surface area contributed by atoms with E-state index in [1.54, 1.807) is 0 Å². The first-order chi connectivity index (χ1) is 11.5. The van der Waals surface area contributed by atoms with Crippen molar-refractivity contribution in [1.82, 2.24) is 0 Å². The quantitative estimate of drug-likeness (QED) is 0.278. The standard InChI is InChI=1S/C15H18F2N3O4S/c1-3-6-15(8-16)13(18)25-14(2,9-20(15,23)24)11-7-10(19(21)22)4-5-12(11)17/h3-5,7,13H,1,6,8-9,18H2,2H3/q-1/t13?,14-,15?/m0/s1. The van der Waals surface area contributed by atoms with Gasteiger partial charge in [-0.1, -0.05) is 6.08 Å². The Hall–Kier alpha value is -1.59. The number of hydrogen-bond acceptors (Lipinski definition) is 6. The smallest absolute Gasteiger partial charge is 0.269 e. The van der Waals surface area contributed by atoms with Crippen LogP contribution in [0, 0.1) is 26.3 Å². The number of non-ortho nitro benzene ring substituents is 1. The first-order valence-electron chi connectivity index (χ1n) is 7.38. The van der Waals surface area contributed by atoms with Crippen molar-refractivity contribution >= 4 is 17.4 Å². The van der Waals surface area contributed by atoms with Gasteiger partial charge in [-0.15, -0.1) is 18.3 Å². The number of nitrogens with zero attached hydrogens (tertiary/aromatic N) is 2. The minimum Gasteiger partial charge on any atom is -0.631 e. The summed E-state index contributed by atoms with van der Waals surface area (Å²) in [5.41, 5.74) is 3.41. The number of hydrogen-bond donors (Lipinski definition) is 1. The van der Waals surface area contributed by atoms with E-state index in [4.69, 9.17) is 5.73 Å². The molecule has 1 aromatic carbocycles. The van der Waals surface area contributed by atoms with E-state index in [9.17, 15) is 29.3 Å². The molecule has 0 radical (unpaired) electrons. The number of nitro groups is 1. The highest BCUT2D eigenvalue weighted by Gasteiger charge is 2.56. The van der Waals surface area contributed by atoms with E-state index >= 15 is 0 Å². The van der Waals surface area contributed by atoms with Crippen LogP contribution >= 0.6 is 11.8 Å². The summed E-state index contributed by atoms with van der Waals surface area (Å²) < 4.78 is 26.5. The van der Waals surface area contributed by atoms with Gasteiger partial charge in [0.1, 0.15) is 17.9 Å². The van der Waals surface area contributed by atoms with Crippen LogP contribution in [0.1, 0.15) is 18.9 Å². The zero-order valence-electron chi connectivity index (χ0n) is 13.5. The predicted molar refractivity (Wildman–Crippen MR) is 91.4 cm³/mol. The van der Waals surface area contributed by atoms with Gasteiger partial charge in [-0.05, 0) is 13.0 Å². The lowest BCUT2D eigenvalue weighted by Gasteiger charge is -2.66. The maximum Gasteiger partial charge on any atom is 0.269 e. The number of nitrogens with two attached hydrogens (primary N) is 1. The maximum absolute atomic E-state index is 14.3. The molecule has 1 heterocycles. The molecule has 10 heteroatoms. The van der Waals surface area contributed by atoms with Gasteiger partial charge in [0.2, 0.25) is 0 Å². The number of quaternary nitrogens is 1. The molecule has 1 aromatic rings. The summed E-state index contributed by atoms with van der Waals surface area (Å²) in [5, 5.41) is 35.0.